The number of carbonyl (C=O) groups excluding carboxylic acids is 1. The zero-order valence-electron chi connectivity index (χ0n) is 13.2. The summed E-state index contributed by atoms with van der Waals surface area (Å²) >= 11 is 1.49. The predicted octanol–water partition coefficient (Wildman–Crippen LogP) is 3.02. The van der Waals surface area contributed by atoms with Gasteiger partial charge in [0.05, 0.1) is 6.04 Å². The van der Waals surface area contributed by atoms with Crippen LogP contribution in [0.3, 0.4) is 0 Å². The molecule has 2 fully saturated rings. The summed E-state index contributed by atoms with van der Waals surface area (Å²) in [5.41, 5.74) is 0. The Morgan fingerprint density at radius 2 is 2.14 bits per heavy atom. The molecule has 5 nitrogen and oxygen atoms in total. The average molecular weight is 345 g/mol. The fourth-order valence-electron chi connectivity index (χ4n) is 3.45. The monoisotopic (exact) mass is 344 g/mol. The van der Waals surface area contributed by atoms with Crippen LogP contribution in [0.25, 0.3) is 0 Å². The maximum atomic E-state index is 12.4. The van der Waals surface area contributed by atoms with E-state index in [2.05, 4.69) is 34.7 Å². The Morgan fingerprint density at radius 1 is 1.36 bits per heavy atom. The molecule has 0 radical (unpaired) electrons. The lowest BCUT2D eigenvalue weighted by Crippen LogP contribution is -2.39. The minimum Gasteiger partial charge on any atom is -0.303 e. The van der Waals surface area contributed by atoms with E-state index in [0.717, 1.165) is 17.8 Å². The van der Waals surface area contributed by atoms with Crippen molar-refractivity contribution in [3.8, 4) is 0 Å². The molecule has 1 aliphatic heterocycles. The van der Waals surface area contributed by atoms with Crippen LogP contribution in [0.1, 0.15) is 51.0 Å². The third-order valence-electron chi connectivity index (χ3n) is 4.46. The predicted molar refractivity (Wildman–Crippen MR) is 91.6 cm³/mol. The molecule has 1 aromatic rings. The van der Waals surface area contributed by atoms with Crippen LogP contribution in [0.2, 0.25) is 0 Å². The SMILES string of the molecule is CC(C)Cc1nnc(NC(=O)C2CC3CCCCC3N2)s1.Cl. The van der Waals surface area contributed by atoms with Gasteiger partial charge in [-0.25, -0.2) is 0 Å². The fraction of sp³-hybridized carbons (Fsp3) is 0.800. The number of hydrogen-bond acceptors (Lipinski definition) is 5. The van der Waals surface area contributed by atoms with Gasteiger partial charge in [0.2, 0.25) is 11.0 Å². The second-order valence-electron chi connectivity index (χ2n) is 6.69. The molecule has 0 spiro atoms. The van der Waals surface area contributed by atoms with E-state index in [1.165, 1.54) is 37.0 Å². The third-order valence-corrected chi connectivity index (χ3v) is 5.32. The first-order chi connectivity index (χ1) is 10.1. The van der Waals surface area contributed by atoms with Gasteiger partial charge in [0.1, 0.15) is 5.01 Å². The normalized spacial score (nSPS) is 27.3. The number of anilines is 1. The molecule has 2 aliphatic rings. The summed E-state index contributed by atoms with van der Waals surface area (Å²) in [7, 11) is 0. The lowest BCUT2D eigenvalue weighted by molar-refractivity contribution is -0.117. The Labute approximate surface area is 142 Å². The Morgan fingerprint density at radius 3 is 2.86 bits per heavy atom. The second-order valence-corrected chi connectivity index (χ2v) is 7.76. The summed E-state index contributed by atoms with van der Waals surface area (Å²) < 4.78 is 0. The lowest BCUT2D eigenvalue weighted by atomic mass is 9.85. The van der Waals surface area contributed by atoms with Gasteiger partial charge in [0, 0.05) is 12.5 Å². The number of nitrogens with one attached hydrogen (secondary N) is 2. The lowest BCUT2D eigenvalue weighted by Gasteiger charge is -2.24. The largest absolute Gasteiger partial charge is 0.303 e. The quantitative estimate of drug-likeness (QED) is 0.881. The van der Waals surface area contributed by atoms with Crippen LogP contribution in [0.5, 0.6) is 0 Å². The molecule has 2 heterocycles. The molecule has 3 rings (SSSR count). The summed E-state index contributed by atoms with van der Waals surface area (Å²) in [5, 5.41) is 16.3. The van der Waals surface area contributed by atoms with Gasteiger partial charge < -0.3 is 5.32 Å². The standard InChI is InChI=1S/C15H24N4OS.ClH/c1-9(2)7-13-18-19-15(21-13)17-14(20)12-8-10-5-3-4-6-11(10)16-12;/h9-12,16H,3-8H2,1-2H3,(H,17,19,20);1H. The van der Waals surface area contributed by atoms with Crippen LogP contribution in [0.15, 0.2) is 0 Å². The molecule has 2 N–H and O–H groups in total. The number of aromatic nitrogens is 2. The summed E-state index contributed by atoms with van der Waals surface area (Å²) in [4.78, 5) is 12.4. The van der Waals surface area contributed by atoms with Crippen LogP contribution < -0.4 is 10.6 Å². The van der Waals surface area contributed by atoms with Gasteiger partial charge in [0.25, 0.3) is 0 Å². The average Bonchev–Trinajstić information content (AvgIpc) is 3.04. The number of amides is 1. The first-order valence-corrected chi connectivity index (χ1v) is 8.82. The molecule has 1 aliphatic carbocycles. The highest BCUT2D eigenvalue weighted by Gasteiger charge is 2.38. The fourth-order valence-corrected chi connectivity index (χ4v) is 4.40. The highest BCUT2D eigenvalue weighted by molar-refractivity contribution is 7.15. The van der Waals surface area contributed by atoms with E-state index in [9.17, 15) is 4.79 Å². The number of fused-ring (bicyclic) bond motifs is 1. The molecule has 1 saturated heterocycles. The van der Waals surface area contributed by atoms with Crippen molar-refractivity contribution in [3.05, 3.63) is 5.01 Å². The number of carbonyl (C=O) groups is 1. The van der Waals surface area contributed by atoms with Gasteiger partial charge in [0.15, 0.2) is 0 Å². The van der Waals surface area contributed by atoms with E-state index >= 15 is 0 Å². The van der Waals surface area contributed by atoms with Crippen molar-refractivity contribution in [1.82, 2.24) is 15.5 Å². The van der Waals surface area contributed by atoms with Crippen molar-refractivity contribution < 1.29 is 4.79 Å². The summed E-state index contributed by atoms with van der Waals surface area (Å²) in [6.45, 7) is 4.31. The number of hydrogen-bond donors (Lipinski definition) is 2. The molecule has 124 valence electrons. The second kappa shape index (κ2) is 7.70. The molecule has 0 bridgehead atoms. The maximum absolute atomic E-state index is 12.4. The van der Waals surface area contributed by atoms with Crippen LogP contribution in [-0.4, -0.2) is 28.2 Å². The van der Waals surface area contributed by atoms with Crippen molar-refractivity contribution >= 4 is 34.8 Å². The van der Waals surface area contributed by atoms with Gasteiger partial charge in [-0.05, 0) is 31.1 Å². The first-order valence-electron chi connectivity index (χ1n) is 8.01. The van der Waals surface area contributed by atoms with Crippen molar-refractivity contribution in [2.45, 2.75) is 64.5 Å². The Balaban J connectivity index is 0.00000176. The smallest absolute Gasteiger partial charge is 0.243 e. The van der Waals surface area contributed by atoms with Crippen molar-refractivity contribution in [1.29, 1.82) is 0 Å². The number of halogens is 1. The number of rotatable bonds is 4. The molecule has 3 unspecified atom stereocenters. The molecule has 0 aromatic carbocycles. The van der Waals surface area contributed by atoms with Crippen LogP contribution in [-0.2, 0) is 11.2 Å². The minimum atomic E-state index is -0.0597. The molecular formula is C15H25ClN4OS. The molecule has 1 amide bonds. The first kappa shape index (κ1) is 17.6. The Hall–Kier alpha value is -0.720. The summed E-state index contributed by atoms with van der Waals surface area (Å²) in [6.07, 6.45) is 6.96. The van der Waals surface area contributed by atoms with Gasteiger partial charge >= 0.3 is 0 Å². The van der Waals surface area contributed by atoms with E-state index in [1.807, 2.05) is 0 Å². The Kier molecular flexibility index (Phi) is 6.17. The van der Waals surface area contributed by atoms with Crippen molar-refractivity contribution in [2.24, 2.45) is 11.8 Å². The molecule has 3 atom stereocenters. The highest BCUT2D eigenvalue weighted by Crippen LogP contribution is 2.33. The number of nitrogens with zero attached hydrogens (tertiary/aromatic N) is 2. The summed E-state index contributed by atoms with van der Waals surface area (Å²) in [5.74, 6) is 1.29. The molecular weight excluding hydrogens is 320 g/mol. The zero-order valence-corrected chi connectivity index (χ0v) is 14.8. The molecule has 1 saturated carbocycles. The van der Waals surface area contributed by atoms with Crippen molar-refractivity contribution in [3.63, 3.8) is 0 Å². The van der Waals surface area contributed by atoms with E-state index in [-0.39, 0.29) is 24.4 Å². The van der Waals surface area contributed by atoms with Gasteiger partial charge in [-0.1, -0.05) is 38.0 Å². The van der Waals surface area contributed by atoms with Crippen molar-refractivity contribution in [2.75, 3.05) is 5.32 Å². The van der Waals surface area contributed by atoms with Crippen LogP contribution in [0, 0.1) is 11.8 Å². The van der Waals surface area contributed by atoms with E-state index in [0.29, 0.717) is 23.0 Å². The topological polar surface area (TPSA) is 66.9 Å². The van der Waals surface area contributed by atoms with E-state index in [1.54, 1.807) is 0 Å². The van der Waals surface area contributed by atoms with Crippen LogP contribution >= 0.6 is 23.7 Å². The Bertz CT molecular complexity index is 493. The summed E-state index contributed by atoms with van der Waals surface area (Å²) in [6, 6.07) is 0.482. The van der Waals surface area contributed by atoms with Gasteiger partial charge in [-0.15, -0.1) is 22.6 Å². The van der Waals surface area contributed by atoms with Crippen LogP contribution in [0.4, 0.5) is 5.13 Å². The van der Waals surface area contributed by atoms with Gasteiger partial charge in [-0.3, -0.25) is 10.1 Å². The molecule has 22 heavy (non-hydrogen) atoms. The molecule has 1 aromatic heterocycles. The maximum Gasteiger partial charge on any atom is 0.243 e. The van der Waals surface area contributed by atoms with E-state index in [4.69, 9.17) is 0 Å². The highest BCUT2D eigenvalue weighted by atomic mass is 35.5. The van der Waals surface area contributed by atoms with E-state index < -0.39 is 0 Å². The third kappa shape index (κ3) is 4.18. The molecule has 7 heteroatoms. The minimum absolute atomic E-state index is 0. The zero-order chi connectivity index (χ0) is 14.8. The van der Waals surface area contributed by atoms with Gasteiger partial charge in [-0.2, -0.15) is 0 Å².